The van der Waals surface area contributed by atoms with E-state index in [9.17, 15) is 0 Å². The van der Waals surface area contributed by atoms with Crippen LogP contribution in [0.25, 0.3) is 0 Å². The van der Waals surface area contributed by atoms with Crippen LogP contribution in [-0.4, -0.2) is 9.97 Å². The van der Waals surface area contributed by atoms with Gasteiger partial charge in [-0.05, 0) is 43.3 Å². The topological polar surface area (TPSA) is 51.8 Å². The zero-order valence-electron chi connectivity index (χ0n) is 9.92. The molecule has 0 amide bonds. The first kappa shape index (κ1) is 12.1. The predicted octanol–water partition coefficient (Wildman–Crippen LogP) is 2.96. The van der Waals surface area contributed by atoms with Crippen LogP contribution >= 0.6 is 11.8 Å². The fourth-order valence-corrected chi connectivity index (χ4v) is 2.54. The van der Waals surface area contributed by atoms with E-state index >= 15 is 0 Å². The Kier molecular flexibility index (Phi) is 3.76. The van der Waals surface area contributed by atoms with Crippen molar-refractivity contribution in [1.29, 1.82) is 0 Å². The molecule has 1 heterocycles. The van der Waals surface area contributed by atoms with Gasteiger partial charge >= 0.3 is 0 Å². The summed E-state index contributed by atoms with van der Waals surface area (Å²) >= 11 is 1.55. The smallest absolute Gasteiger partial charge is 0.192 e. The first-order chi connectivity index (χ1) is 8.16. The first-order valence-electron chi connectivity index (χ1n) is 5.49. The maximum absolute atomic E-state index is 5.94. The Bertz CT molecular complexity index is 512. The molecule has 0 aliphatic carbocycles. The molecule has 1 atom stereocenters. The summed E-state index contributed by atoms with van der Waals surface area (Å²) in [6.07, 6.45) is 1.78. The molecule has 0 saturated carbocycles. The number of nitrogens with two attached hydrogens (primary N) is 1. The lowest BCUT2D eigenvalue weighted by atomic mass is 10.1. The van der Waals surface area contributed by atoms with Gasteiger partial charge in [-0.15, -0.1) is 0 Å². The molecule has 0 fully saturated rings. The summed E-state index contributed by atoms with van der Waals surface area (Å²) in [7, 11) is 0. The molecule has 0 radical (unpaired) electrons. The highest BCUT2D eigenvalue weighted by atomic mass is 32.2. The van der Waals surface area contributed by atoms with Crippen molar-refractivity contribution in [3.8, 4) is 0 Å². The van der Waals surface area contributed by atoms with Crippen molar-refractivity contribution in [2.45, 2.75) is 29.9 Å². The minimum Gasteiger partial charge on any atom is -0.324 e. The zero-order chi connectivity index (χ0) is 12.3. The Morgan fingerprint density at radius 3 is 2.71 bits per heavy atom. The highest BCUT2D eigenvalue weighted by Crippen LogP contribution is 2.30. The van der Waals surface area contributed by atoms with Gasteiger partial charge in [-0.1, -0.05) is 18.2 Å². The summed E-state index contributed by atoms with van der Waals surface area (Å²) in [4.78, 5) is 9.74. The standard InChI is InChI=1S/C13H15N3S/c1-9-7-8-15-13(16-9)17-12-6-4-3-5-11(12)10(2)14/h3-8,10H,14H2,1-2H3/t10-/m0/s1. The van der Waals surface area contributed by atoms with Gasteiger partial charge in [0.25, 0.3) is 0 Å². The largest absolute Gasteiger partial charge is 0.324 e. The molecule has 4 heteroatoms. The van der Waals surface area contributed by atoms with E-state index in [0.29, 0.717) is 0 Å². The minimum absolute atomic E-state index is 0.0171. The highest BCUT2D eigenvalue weighted by Gasteiger charge is 2.08. The second-order valence-electron chi connectivity index (χ2n) is 3.91. The first-order valence-corrected chi connectivity index (χ1v) is 6.30. The lowest BCUT2D eigenvalue weighted by Gasteiger charge is -2.11. The average molecular weight is 245 g/mol. The molecule has 88 valence electrons. The molecular weight excluding hydrogens is 230 g/mol. The van der Waals surface area contributed by atoms with Crippen LogP contribution in [0.4, 0.5) is 0 Å². The lowest BCUT2D eigenvalue weighted by Crippen LogP contribution is -2.06. The highest BCUT2D eigenvalue weighted by molar-refractivity contribution is 7.99. The van der Waals surface area contributed by atoms with E-state index in [2.05, 4.69) is 16.0 Å². The van der Waals surface area contributed by atoms with Crippen LogP contribution in [-0.2, 0) is 0 Å². The van der Waals surface area contributed by atoms with E-state index < -0.39 is 0 Å². The van der Waals surface area contributed by atoms with E-state index in [1.807, 2.05) is 38.1 Å². The maximum Gasteiger partial charge on any atom is 0.192 e. The Hall–Kier alpha value is -1.39. The fourth-order valence-electron chi connectivity index (χ4n) is 1.52. The SMILES string of the molecule is Cc1ccnc(Sc2ccccc2[C@H](C)N)n1. The lowest BCUT2D eigenvalue weighted by molar-refractivity contribution is 0.796. The number of hydrogen-bond acceptors (Lipinski definition) is 4. The van der Waals surface area contributed by atoms with Gasteiger partial charge in [-0.25, -0.2) is 9.97 Å². The molecule has 3 nitrogen and oxygen atoms in total. The van der Waals surface area contributed by atoms with Crippen molar-refractivity contribution < 1.29 is 0 Å². The monoisotopic (exact) mass is 245 g/mol. The van der Waals surface area contributed by atoms with Crippen LogP contribution in [0, 0.1) is 6.92 Å². The average Bonchev–Trinajstić information content (AvgIpc) is 2.29. The summed E-state index contributed by atoms with van der Waals surface area (Å²) in [5, 5.41) is 0.762. The van der Waals surface area contributed by atoms with Crippen molar-refractivity contribution >= 4 is 11.8 Å². The van der Waals surface area contributed by atoms with Gasteiger partial charge < -0.3 is 5.73 Å². The molecule has 0 saturated heterocycles. The third-order valence-electron chi connectivity index (χ3n) is 2.38. The van der Waals surface area contributed by atoms with E-state index in [4.69, 9.17) is 5.73 Å². The van der Waals surface area contributed by atoms with Crippen molar-refractivity contribution in [3.05, 3.63) is 47.8 Å². The van der Waals surface area contributed by atoms with E-state index in [1.54, 1.807) is 18.0 Å². The van der Waals surface area contributed by atoms with Gasteiger partial charge in [-0.2, -0.15) is 0 Å². The molecule has 1 aromatic carbocycles. The maximum atomic E-state index is 5.94. The van der Waals surface area contributed by atoms with Gasteiger partial charge in [0.1, 0.15) is 0 Å². The number of aromatic nitrogens is 2. The molecule has 2 N–H and O–H groups in total. The van der Waals surface area contributed by atoms with Gasteiger partial charge in [-0.3, -0.25) is 0 Å². The number of nitrogens with zero attached hydrogens (tertiary/aromatic N) is 2. The third-order valence-corrected chi connectivity index (χ3v) is 3.35. The van der Waals surface area contributed by atoms with E-state index in [1.165, 1.54) is 0 Å². The molecule has 17 heavy (non-hydrogen) atoms. The molecule has 0 unspecified atom stereocenters. The van der Waals surface area contributed by atoms with Crippen LogP contribution in [0.5, 0.6) is 0 Å². The Morgan fingerprint density at radius 2 is 2.00 bits per heavy atom. The van der Waals surface area contributed by atoms with Gasteiger partial charge in [0.05, 0.1) is 0 Å². The summed E-state index contributed by atoms with van der Waals surface area (Å²) < 4.78 is 0. The minimum atomic E-state index is 0.0171. The normalized spacial score (nSPS) is 12.4. The molecule has 0 aliphatic heterocycles. The molecular formula is C13H15N3S. The van der Waals surface area contributed by atoms with Crippen molar-refractivity contribution in [1.82, 2.24) is 9.97 Å². The van der Waals surface area contributed by atoms with Crippen LogP contribution in [0.3, 0.4) is 0 Å². The molecule has 0 bridgehead atoms. The van der Waals surface area contributed by atoms with Gasteiger partial charge in [0, 0.05) is 22.8 Å². The van der Waals surface area contributed by atoms with Crippen LogP contribution in [0.15, 0.2) is 46.6 Å². The van der Waals surface area contributed by atoms with Gasteiger partial charge in [0.15, 0.2) is 5.16 Å². The zero-order valence-corrected chi connectivity index (χ0v) is 10.7. The van der Waals surface area contributed by atoms with Gasteiger partial charge in [0.2, 0.25) is 0 Å². The number of rotatable bonds is 3. The van der Waals surface area contributed by atoms with Crippen molar-refractivity contribution in [2.24, 2.45) is 5.73 Å². The Labute approximate surface area is 105 Å². The summed E-state index contributed by atoms with van der Waals surface area (Å²) in [6, 6.07) is 10.0. The Balaban J connectivity index is 2.30. The van der Waals surface area contributed by atoms with Crippen LogP contribution in [0.2, 0.25) is 0 Å². The second kappa shape index (κ2) is 5.29. The molecule has 0 aliphatic rings. The number of hydrogen-bond donors (Lipinski definition) is 1. The Morgan fingerprint density at radius 1 is 1.24 bits per heavy atom. The van der Waals surface area contributed by atoms with Crippen LogP contribution < -0.4 is 5.73 Å². The van der Waals surface area contributed by atoms with Crippen molar-refractivity contribution in [2.75, 3.05) is 0 Å². The van der Waals surface area contributed by atoms with E-state index in [-0.39, 0.29) is 6.04 Å². The second-order valence-corrected chi connectivity index (χ2v) is 4.92. The third kappa shape index (κ3) is 3.05. The summed E-state index contributed by atoms with van der Waals surface area (Å²) in [5.74, 6) is 0. The van der Waals surface area contributed by atoms with Crippen molar-refractivity contribution in [3.63, 3.8) is 0 Å². The summed E-state index contributed by atoms with van der Waals surface area (Å²) in [5.41, 5.74) is 8.04. The van der Waals surface area contributed by atoms with Crippen LogP contribution in [0.1, 0.15) is 24.2 Å². The molecule has 1 aromatic heterocycles. The van der Waals surface area contributed by atoms with E-state index in [0.717, 1.165) is 21.3 Å². The predicted molar refractivity (Wildman–Crippen MR) is 69.9 cm³/mol. The summed E-state index contributed by atoms with van der Waals surface area (Å²) in [6.45, 7) is 3.94. The number of benzene rings is 1. The molecule has 2 rings (SSSR count). The molecule has 0 spiro atoms. The fraction of sp³-hybridized carbons (Fsp3) is 0.231. The molecule has 2 aromatic rings. The quantitative estimate of drug-likeness (QED) is 0.845. The number of aryl methyl sites for hydroxylation is 1.